The number of furan rings is 1. The molecule has 0 amide bonds. The van der Waals surface area contributed by atoms with Crippen molar-refractivity contribution < 1.29 is 14.0 Å². The van der Waals surface area contributed by atoms with Gasteiger partial charge in [-0.2, -0.15) is 0 Å². The van der Waals surface area contributed by atoms with Crippen molar-refractivity contribution in [2.45, 2.75) is 58.3 Å². The number of ketones is 2. The quantitative estimate of drug-likeness (QED) is 0.439. The highest BCUT2D eigenvalue weighted by molar-refractivity contribution is 5.93. The molecule has 3 nitrogen and oxygen atoms in total. The molecule has 1 heterocycles. The van der Waals surface area contributed by atoms with Gasteiger partial charge in [-0.3, -0.25) is 9.59 Å². The largest absolute Gasteiger partial charge is 0.472 e. The molecule has 3 heteroatoms. The summed E-state index contributed by atoms with van der Waals surface area (Å²) in [4.78, 5) is 25.3. The van der Waals surface area contributed by atoms with E-state index < -0.39 is 0 Å². The fraction of sp³-hybridized carbons (Fsp3) is 0.438. The third-order valence-corrected chi connectivity index (χ3v) is 9.74. The van der Waals surface area contributed by atoms with Crippen LogP contribution in [0.1, 0.15) is 63.9 Å². The fourth-order valence-electron chi connectivity index (χ4n) is 8.39. The Balaban J connectivity index is 1.49. The average Bonchev–Trinajstić information content (AvgIpc) is 3.49. The van der Waals surface area contributed by atoms with E-state index in [1.807, 2.05) is 18.2 Å². The molecule has 1 aromatic heterocycles. The van der Waals surface area contributed by atoms with Gasteiger partial charge in [-0.15, -0.1) is 6.58 Å². The lowest BCUT2D eigenvalue weighted by Crippen LogP contribution is -2.45. The zero-order valence-electron chi connectivity index (χ0n) is 20.8. The summed E-state index contributed by atoms with van der Waals surface area (Å²) in [5, 5.41) is 0. The Kier molecular flexibility index (Phi) is 5.36. The van der Waals surface area contributed by atoms with Gasteiger partial charge in [0.25, 0.3) is 0 Å². The molecule has 0 spiro atoms. The van der Waals surface area contributed by atoms with E-state index in [0.717, 1.165) is 43.2 Å². The van der Waals surface area contributed by atoms with Crippen LogP contribution in [0.25, 0.3) is 11.1 Å². The molecule has 3 unspecified atom stereocenters. The first-order valence-electron chi connectivity index (χ1n) is 13.1. The van der Waals surface area contributed by atoms with E-state index >= 15 is 0 Å². The Morgan fingerprint density at radius 1 is 1.11 bits per heavy atom. The molecule has 2 fully saturated rings. The van der Waals surface area contributed by atoms with Gasteiger partial charge >= 0.3 is 0 Å². The van der Waals surface area contributed by atoms with E-state index in [9.17, 15) is 9.59 Å². The van der Waals surface area contributed by atoms with Crippen molar-refractivity contribution in [3.8, 4) is 11.1 Å². The maximum atomic E-state index is 13.0. The minimum Gasteiger partial charge on any atom is -0.472 e. The van der Waals surface area contributed by atoms with E-state index in [-0.39, 0.29) is 29.0 Å². The van der Waals surface area contributed by atoms with Gasteiger partial charge in [0.05, 0.1) is 12.5 Å². The third-order valence-electron chi connectivity index (χ3n) is 9.74. The summed E-state index contributed by atoms with van der Waals surface area (Å²) in [7, 11) is 0. The Morgan fingerprint density at radius 3 is 2.60 bits per heavy atom. The van der Waals surface area contributed by atoms with Crippen LogP contribution in [-0.2, 0) is 9.59 Å². The third kappa shape index (κ3) is 3.46. The molecule has 2 saturated carbocycles. The maximum Gasteiger partial charge on any atom is 0.156 e. The Labute approximate surface area is 208 Å². The van der Waals surface area contributed by atoms with Gasteiger partial charge in [0.1, 0.15) is 5.78 Å². The molecule has 6 rings (SSSR count). The topological polar surface area (TPSA) is 47.3 Å². The van der Waals surface area contributed by atoms with Gasteiger partial charge in [0.2, 0.25) is 0 Å². The van der Waals surface area contributed by atoms with Crippen LogP contribution < -0.4 is 0 Å². The summed E-state index contributed by atoms with van der Waals surface area (Å²) < 4.78 is 5.29. The number of Topliss-reactive ketones (excluding diaryl/α,β-unsaturated/α-hetero) is 1. The van der Waals surface area contributed by atoms with Crippen LogP contribution in [0.5, 0.6) is 0 Å². The number of carbonyl (C=O) groups is 2. The first-order valence-corrected chi connectivity index (χ1v) is 13.1. The lowest BCUT2D eigenvalue weighted by atomic mass is 9.51. The fourth-order valence-corrected chi connectivity index (χ4v) is 8.39. The lowest BCUT2D eigenvalue weighted by Gasteiger charge is -2.52. The molecular formula is C32H34O3. The van der Waals surface area contributed by atoms with Crippen molar-refractivity contribution in [2.75, 3.05) is 0 Å². The Bertz CT molecular complexity index is 1240. The highest BCUT2D eigenvalue weighted by Crippen LogP contribution is 2.67. The van der Waals surface area contributed by atoms with Gasteiger partial charge in [-0.25, -0.2) is 0 Å². The van der Waals surface area contributed by atoms with E-state index in [1.165, 1.54) is 16.7 Å². The minimum absolute atomic E-state index is 0.0362. The summed E-state index contributed by atoms with van der Waals surface area (Å²) in [6, 6.07) is 10.9. The van der Waals surface area contributed by atoms with Crippen LogP contribution in [-0.4, -0.2) is 11.6 Å². The second-order valence-corrected chi connectivity index (χ2v) is 11.4. The number of allylic oxidation sites excluding steroid dienone is 5. The number of rotatable bonds is 4. The summed E-state index contributed by atoms with van der Waals surface area (Å²) in [5.74, 6) is 2.10. The van der Waals surface area contributed by atoms with Crippen LogP contribution in [0.3, 0.4) is 0 Å². The van der Waals surface area contributed by atoms with Gasteiger partial charge < -0.3 is 4.42 Å². The summed E-state index contributed by atoms with van der Waals surface area (Å²) in [6.07, 6.45) is 13.0. The predicted octanol–water partition coefficient (Wildman–Crippen LogP) is 7.46. The van der Waals surface area contributed by atoms with E-state index in [4.69, 9.17) is 4.42 Å². The molecule has 4 aliphatic rings. The summed E-state index contributed by atoms with van der Waals surface area (Å²) in [5.41, 5.74) is 7.82. The van der Waals surface area contributed by atoms with Crippen molar-refractivity contribution in [1.29, 1.82) is 0 Å². The smallest absolute Gasteiger partial charge is 0.156 e. The van der Waals surface area contributed by atoms with Gasteiger partial charge in [0.15, 0.2) is 5.78 Å². The molecule has 6 atom stereocenters. The van der Waals surface area contributed by atoms with Crippen molar-refractivity contribution in [3.63, 3.8) is 0 Å². The second kappa shape index (κ2) is 8.33. The van der Waals surface area contributed by atoms with E-state index in [1.54, 1.807) is 25.0 Å². The molecule has 0 bridgehead atoms. The zero-order valence-corrected chi connectivity index (χ0v) is 20.8. The SMILES string of the molecule is C=C[C@@H]1CC2C3CCC4=CC(=O)CCC4=C3[C@@H](c3ccc(-c4ccoc4)cc3)C[C@]2(C)C1C(C)=O. The molecule has 1 aromatic carbocycles. The molecule has 0 saturated heterocycles. The highest BCUT2D eigenvalue weighted by Gasteiger charge is 2.60. The number of benzene rings is 1. The maximum absolute atomic E-state index is 13.0. The lowest BCUT2D eigenvalue weighted by molar-refractivity contribution is -0.126. The Hall–Kier alpha value is -2.94. The first-order chi connectivity index (χ1) is 16.9. The molecule has 2 aromatic rings. The molecule has 4 aliphatic carbocycles. The molecule has 180 valence electrons. The summed E-state index contributed by atoms with van der Waals surface area (Å²) >= 11 is 0. The van der Waals surface area contributed by atoms with Crippen LogP contribution >= 0.6 is 0 Å². The van der Waals surface area contributed by atoms with Crippen molar-refractivity contribution in [2.24, 2.45) is 29.1 Å². The second-order valence-electron chi connectivity index (χ2n) is 11.4. The van der Waals surface area contributed by atoms with E-state index in [0.29, 0.717) is 24.0 Å². The van der Waals surface area contributed by atoms with Gasteiger partial charge in [-0.05, 0) is 96.6 Å². The molecule has 0 aliphatic heterocycles. The molecular weight excluding hydrogens is 432 g/mol. The van der Waals surface area contributed by atoms with Crippen LogP contribution in [0, 0.1) is 29.1 Å². The zero-order chi connectivity index (χ0) is 24.3. The van der Waals surface area contributed by atoms with Crippen molar-refractivity contribution in [1.82, 2.24) is 0 Å². The van der Waals surface area contributed by atoms with Crippen LogP contribution in [0.4, 0.5) is 0 Å². The van der Waals surface area contributed by atoms with Crippen LogP contribution in [0.2, 0.25) is 0 Å². The average molecular weight is 467 g/mol. The van der Waals surface area contributed by atoms with Crippen LogP contribution in [0.15, 0.2) is 82.7 Å². The normalized spacial score (nSPS) is 34.1. The molecule has 0 N–H and O–H groups in total. The number of carbonyl (C=O) groups excluding carboxylic acids is 2. The molecule has 35 heavy (non-hydrogen) atoms. The highest BCUT2D eigenvalue weighted by atomic mass is 16.3. The minimum atomic E-state index is -0.0426. The molecule has 0 radical (unpaired) electrons. The number of hydrogen-bond donors (Lipinski definition) is 0. The van der Waals surface area contributed by atoms with Gasteiger partial charge in [-0.1, -0.05) is 42.8 Å². The Morgan fingerprint density at radius 2 is 1.91 bits per heavy atom. The summed E-state index contributed by atoms with van der Waals surface area (Å²) in [6.45, 7) is 8.30. The van der Waals surface area contributed by atoms with E-state index in [2.05, 4.69) is 37.8 Å². The standard InChI is InChI=1S/C32H34O3/c1-4-20-16-29-27-11-9-23-15-25(34)10-12-26(23)30(27)28(17-32(29,3)31(20)19(2)33)22-7-5-21(6-8-22)24-13-14-35-18-24/h4-8,13-15,18,20,27-29,31H,1,9-12,16-17H2,2-3H3/t20-,27?,28-,29?,31?,32+/m1/s1. The first kappa shape index (κ1) is 22.5. The van der Waals surface area contributed by atoms with Gasteiger partial charge in [0, 0.05) is 23.8 Å². The van der Waals surface area contributed by atoms with Crippen molar-refractivity contribution in [3.05, 3.63) is 83.9 Å². The monoisotopic (exact) mass is 466 g/mol. The predicted molar refractivity (Wildman–Crippen MR) is 138 cm³/mol. The number of fused-ring (bicyclic) bond motifs is 4. The van der Waals surface area contributed by atoms with Crippen molar-refractivity contribution >= 4 is 11.6 Å². The number of hydrogen-bond acceptors (Lipinski definition) is 3.